The molecule has 1 aromatic heterocycles. The van der Waals surface area contributed by atoms with E-state index in [0.717, 1.165) is 19.6 Å². The van der Waals surface area contributed by atoms with Gasteiger partial charge in [0.25, 0.3) is 5.91 Å². The number of likely N-dealkylation sites (tertiary alicyclic amines) is 1. The van der Waals surface area contributed by atoms with Crippen LogP contribution in [0.25, 0.3) is 0 Å². The van der Waals surface area contributed by atoms with E-state index in [2.05, 4.69) is 46.7 Å². The minimum absolute atomic E-state index is 0.187. The minimum atomic E-state index is -4.77. The molecule has 6 nitrogen and oxygen atoms in total. The molecule has 9 heteroatoms. The van der Waals surface area contributed by atoms with Gasteiger partial charge in [-0.05, 0) is 60.4 Å². The molecule has 2 aromatic carbocycles. The number of nitrogens with zero attached hydrogens (tertiary/aromatic N) is 4. The number of aryl methyl sites for hydroxylation is 3. The Morgan fingerprint density at radius 1 is 1.14 bits per heavy atom. The second kappa shape index (κ2) is 9.85. The molecule has 0 spiro atoms. The highest BCUT2D eigenvalue weighted by atomic mass is 19.4. The van der Waals surface area contributed by atoms with E-state index in [-0.39, 0.29) is 18.2 Å². The molecule has 5 rings (SSSR count). The third-order valence-corrected chi connectivity index (χ3v) is 7.49. The van der Waals surface area contributed by atoms with Crippen molar-refractivity contribution in [3.63, 3.8) is 0 Å². The molecule has 1 saturated heterocycles. The quantitative estimate of drug-likeness (QED) is 0.428. The summed E-state index contributed by atoms with van der Waals surface area (Å²) >= 11 is 0. The summed E-state index contributed by atoms with van der Waals surface area (Å²) in [6, 6.07) is 12.4. The number of hydrogen-bond acceptors (Lipinski definition) is 4. The molecule has 0 N–H and O–H groups in total. The normalized spacial score (nSPS) is 21.1. The number of imidazole rings is 1. The van der Waals surface area contributed by atoms with Crippen LogP contribution in [0.3, 0.4) is 0 Å². The fourth-order valence-electron chi connectivity index (χ4n) is 5.62. The van der Waals surface area contributed by atoms with Crippen molar-refractivity contribution in [2.24, 2.45) is 24.8 Å². The third-order valence-electron chi connectivity index (χ3n) is 7.49. The number of carbonyl (C=O) groups is 1. The lowest BCUT2D eigenvalue weighted by molar-refractivity contribution is -0.274. The molecule has 2 atom stereocenters. The van der Waals surface area contributed by atoms with E-state index in [1.165, 1.54) is 34.9 Å². The number of rotatable bonds is 8. The summed E-state index contributed by atoms with van der Waals surface area (Å²) in [4.78, 5) is 21.8. The Morgan fingerprint density at radius 2 is 1.89 bits per heavy atom. The van der Waals surface area contributed by atoms with E-state index < -0.39 is 6.36 Å². The van der Waals surface area contributed by atoms with Gasteiger partial charge in [-0.15, -0.1) is 13.2 Å². The van der Waals surface area contributed by atoms with Crippen molar-refractivity contribution < 1.29 is 22.7 Å². The molecule has 0 bridgehead atoms. The number of piperidine rings is 1. The van der Waals surface area contributed by atoms with Crippen molar-refractivity contribution in [1.82, 2.24) is 19.4 Å². The summed E-state index contributed by atoms with van der Waals surface area (Å²) in [6.07, 6.45) is -1.53. The van der Waals surface area contributed by atoms with Crippen LogP contribution in [0, 0.1) is 31.6 Å². The lowest BCUT2D eigenvalue weighted by Gasteiger charge is -2.25. The zero-order valence-corrected chi connectivity index (χ0v) is 21.2. The first kappa shape index (κ1) is 25.3. The highest BCUT2D eigenvalue weighted by Crippen LogP contribution is 2.52. The van der Waals surface area contributed by atoms with Gasteiger partial charge >= 0.3 is 6.36 Å². The van der Waals surface area contributed by atoms with Crippen LogP contribution in [0.5, 0.6) is 5.75 Å². The van der Waals surface area contributed by atoms with Gasteiger partial charge in [0.2, 0.25) is 0 Å². The van der Waals surface area contributed by atoms with Gasteiger partial charge in [0, 0.05) is 46.0 Å². The molecule has 2 aliphatic rings. The number of carbonyl (C=O) groups excluding carboxylic acids is 1. The SMILES string of the molecule is Cc1ccc(CN2CC3C(C2)C3CN(Cc2cccc(OC(F)(F)F)c2)C(=O)c2cn(C)cn2)c(C)c1. The van der Waals surface area contributed by atoms with Gasteiger partial charge in [-0.25, -0.2) is 4.98 Å². The van der Waals surface area contributed by atoms with Gasteiger partial charge in [-0.3, -0.25) is 9.69 Å². The maximum absolute atomic E-state index is 13.4. The van der Waals surface area contributed by atoms with Crippen LogP contribution in [0.4, 0.5) is 13.2 Å². The number of aromatic nitrogens is 2. The maximum Gasteiger partial charge on any atom is 0.573 e. The summed E-state index contributed by atoms with van der Waals surface area (Å²) in [6.45, 7) is 7.89. The first-order valence-corrected chi connectivity index (χ1v) is 12.5. The first-order valence-electron chi connectivity index (χ1n) is 12.5. The van der Waals surface area contributed by atoms with Crippen LogP contribution in [0.1, 0.15) is 32.7 Å². The Morgan fingerprint density at radius 3 is 2.54 bits per heavy atom. The van der Waals surface area contributed by atoms with Crippen LogP contribution in [-0.4, -0.2) is 51.3 Å². The van der Waals surface area contributed by atoms with Crippen LogP contribution in [0.2, 0.25) is 0 Å². The van der Waals surface area contributed by atoms with Crippen molar-refractivity contribution in [1.29, 1.82) is 0 Å². The molecule has 3 aromatic rings. The van der Waals surface area contributed by atoms with Crippen LogP contribution < -0.4 is 4.74 Å². The van der Waals surface area contributed by atoms with E-state index in [9.17, 15) is 18.0 Å². The monoisotopic (exact) mass is 512 g/mol. The molecule has 2 unspecified atom stereocenters. The first-order chi connectivity index (χ1) is 17.6. The molecule has 196 valence electrons. The van der Waals surface area contributed by atoms with Crippen molar-refractivity contribution in [3.05, 3.63) is 82.9 Å². The van der Waals surface area contributed by atoms with Crippen LogP contribution in [-0.2, 0) is 20.1 Å². The highest BCUT2D eigenvalue weighted by molar-refractivity contribution is 5.92. The van der Waals surface area contributed by atoms with Gasteiger partial charge in [0.05, 0.1) is 6.33 Å². The number of ether oxygens (including phenoxy) is 1. The third kappa shape index (κ3) is 5.98. The van der Waals surface area contributed by atoms with E-state index in [1.54, 1.807) is 35.1 Å². The predicted molar refractivity (Wildman–Crippen MR) is 133 cm³/mol. The summed E-state index contributed by atoms with van der Waals surface area (Å²) < 4.78 is 43.9. The Bertz CT molecular complexity index is 1280. The average Bonchev–Trinajstić information content (AvgIpc) is 3.14. The lowest BCUT2D eigenvalue weighted by Crippen LogP contribution is -2.35. The number of hydrogen-bond donors (Lipinski definition) is 0. The largest absolute Gasteiger partial charge is 0.573 e. The van der Waals surface area contributed by atoms with E-state index >= 15 is 0 Å². The van der Waals surface area contributed by atoms with Crippen molar-refractivity contribution in [2.75, 3.05) is 19.6 Å². The van der Waals surface area contributed by atoms with E-state index in [0.29, 0.717) is 35.6 Å². The number of alkyl halides is 3. The molecular formula is C28H31F3N4O2. The van der Waals surface area contributed by atoms with Gasteiger partial charge in [0.1, 0.15) is 11.4 Å². The summed E-state index contributed by atoms with van der Waals surface area (Å²) in [5.74, 6) is 0.896. The topological polar surface area (TPSA) is 50.6 Å². The Hall–Kier alpha value is -3.33. The van der Waals surface area contributed by atoms with Crippen molar-refractivity contribution >= 4 is 5.91 Å². The summed E-state index contributed by atoms with van der Waals surface area (Å²) in [5, 5.41) is 0. The fourth-order valence-corrected chi connectivity index (χ4v) is 5.62. The number of amides is 1. The van der Waals surface area contributed by atoms with Gasteiger partial charge in [0.15, 0.2) is 0 Å². The molecule has 1 saturated carbocycles. The standard InChI is InChI=1S/C28H31F3N4O2/c1-18-7-8-21(19(2)9-18)12-34-13-23-24(14-34)25(23)15-35(27(36)26-16-33(3)17-32-26)11-20-5-4-6-22(10-20)37-28(29,30)31/h4-10,16-17,23-25H,11-15H2,1-3H3. The van der Waals surface area contributed by atoms with Crippen molar-refractivity contribution in [3.8, 4) is 5.75 Å². The number of halogens is 3. The van der Waals surface area contributed by atoms with Gasteiger partial charge in [-0.1, -0.05) is 35.9 Å². The number of benzene rings is 2. The zero-order valence-electron chi connectivity index (χ0n) is 21.2. The minimum Gasteiger partial charge on any atom is -0.406 e. The average molecular weight is 513 g/mol. The lowest BCUT2D eigenvalue weighted by atomic mass is 10.1. The maximum atomic E-state index is 13.4. The molecule has 1 aliphatic heterocycles. The van der Waals surface area contributed by atoms with Crippen LogP contribution >= 0.6 is 0 Å². The molecule has 2 fully saturated rings. The highest BCUT2D eigenvalue weighted by Gasteiger charge is 2.56. The van der Waals surface area contributed by atoms with Gasteiger partial charge < -0.3 is 14.2 Å². The Kier molecular flexibility index (Phi) is 6.74. The van der Waals surface area contributed by atoms with Crippen molar-refractivity contribution in [2.45, 2.75) is 33.3 Å². The fraction of sp³-hybridized carbons (Fsp3) is 0.429. The Labute approximate surface area is 214 Å². The van der Waals surface area contributed by atoms with E-state index in [4.69, 9.17) is 0 Å². The Balaban J connectivity index is 1.26. The van der Waals surface area contributed by atoms with Crippen LogP contribution in [0.15, 0.2) is 55.0 Å². The smallest absolute Gasteiger partial charge is 0.406 e. The zero-order chi connectivity index (χ0) is 26.3. The summed E-state index contributed by atoms with van der Waals surface area (Å²) in [7, 11) is 1.79. The molecule has 2 heterocycles. The molecule has 1 aliphatic carbocycles. The van der Waals surface area contributed by atoms with Gasteiger partial charge in [-0.2, -0.15) is 0 Å². The molecule has 37 heavy (non-hydrogen) atoms. The molecule has 1 amide bonds. The molecule has 0 radical (unpaired) electrons. The second-order valence-corrected chi connectivity index (χ2v) is 10.4. The summed E-state index contributed by atoms with van der Waals surface area (Å²) in [5.41, 5.74) is 4.82. The predicted octanol–water partition coefficient (Wildman–Crippen LogP) is 4.96. The van der Waals surface area contributed by atoms with E-state index in [1.807, 2.05) is 0 Å². The number of fused-ring (bicyclic) bond motifs is 1. The molecular weight excluding hydrogens is 481 g/mol. The second-order valence-electron chi connectivity index (χ2n) is 10.4.